The van der Waals surface area contributed by atoms with Gasteiger partial charge in [-0.25, -0.2) is 0 Å². The average Bonchev–Trinajstić information content (AvgIpc) is 2.46. The van der Waals surface area contributed by atoms with Crippen molar-refractivity contribution in [2.24, 2.45) is 5.41 Å². The second kappa shape index (κ2) is 6.99. The van der Waals surface area contributed by atoms with Crippen LogP contribution < -0.4 is 10.1 Å². The van der Waals surface area contributed by atoms with E-state index in [1.165, 1.54) is 25.9 Å². The lowest BCUT2D eigenvalue weighted by Crippen LogP contribution is -2.41. The van der Waals surface area contributed by atoms with Gasteiger partial charge in [0.25, 0.3) is 0 Å². The van der Waals surface area contributed by atoms with Crippen molar-refractivity contribution < 1.29 is 9.84 Å². The van der Waals surface area contributed by atoms with E-state index in [9.17, 15) is 5.11 Å². The molecular formula is C16H25BrN2O2. The van der Waals surface area contributed by atoms with Crippen LogP contribution in [0.25, 0.3) is 0 Å². The summed E-state index contributed by atoms with van der Waals surface area (Å²) in [6.45, 7) is 6.51. The number of aromatic hydroxyl groups is 1. The number of nitrogens with zero attached hydrogens (tertiary/aromatic N) is 1. The molecule has 1 aliphatic rings. The lowest BCUT2D eigenvalue weighted by Gasteiger charge is -2.38. The van der Waals surface area contributed by atoms with Crippen LogP contribution in [-0.2, 0) is 6.54 Å². The molecule has 0 amide bonds. The van der Waals surface area contributed by atoms with Gasteiger partial charge in [0.1, 0.15) is 0 Å². The molecule has 0 aromatic heterocycles. The van der Waals surface area contributed by atoms with Crippen molar-refractivity contribution in [2.75, 3.05) is 33.8 Å². The van der Waals surface area contributed by atoms with Crippen molar-refractivity contribution in [1.29, 1.82) is 0 Å². The molecule has 2 rings (SSSR count). The fourth-order valence-corrected chi connectivity index (χ4v) is 3.22. The summed E-state index contributed by atoms with van der Waals surface area (Å²) in [5.41, 5.74) is 1.48. The summed E-state index contributed by atoms with van der Waals surface area (Å²) in [6, 6.07) is 3.81. The number of rotatable bonds is 5. The molecule has 5 heteroatoms. The number of phenolic OH excluding ortho intramolecular Hbond substituents is 1. The van der Waals surface area contributed by atoms with E-state index in [2.05, 4.69) is 40.1 Å². The molecule has 1 saturated heterocycles. The Hall–Kier alpha value is -0.780. The van der Waals surface area contributed by atoms with Crippen LogP contribution in [-0.4, -0.2) is 43.8 Å². The fourth-order valence-electron chi connectivity index (χ4n) is 2.73. The maximum atomic E-state index is 9.82. The molecule has 1 aromatic rings. The Morgan fingerprint density at radius 2 is 2.05 bits per heavy atom. The van der Waals surface area contributed by atoms with Gasteiger partial charge in [-0.1, -0.05) is 6.92 Å². The Bertz CT molecular complexity index is 485. The Kier molecular flexibility index (Phi) is 5.52. The second-order valence-corrected chi connectivity index (χ2v) is 7.20. The first kappa shape index (κ1) is 16.6. The summed E-state index contributed by atoms with van der Waals surface area (Å²) in [7, 11) is 3.76. The van der Waals surface area contributed by atoms with Crippen molar-refractivity contribution >= 4 is 15.9 Å². The van der Waals surface area contributed by atoms with Crippen LogP contribution in [0.15, 0.2) is 16.6 Å². The van der Waals surface area contributed by atoms with Gasteiger partial charge in [0.15, 0.2) is 11.5 Å². The topological polar surface area (TPSA) is 44.7 Å². The molecule has 0 atom stereocenters. The Balaban J connectivity index is 1.90. The van der Waals surface area contributed by atoms with Crippen LogP contribution in [0.5, 0.6) is 11.5 Å². The summed E-state index contributed by atoms with van der Waals surface area (Å²) < 4.78 is 5.85. The molecule has 0 spiro atoms. The molecule has 118 valence electrons. The molecule has 0 saturated carbocycles. The van der Waals surface area contributed by atoms with E-state index in [1.54, 1.807) is 7.11 Å². The monoisotopic (exact) mass is 356 g/mol. The molecule has 1 aliphatic heterocycles. The van der Waals surface area contributed by atoms with Crippen molar-refractivity contribution in [2.45, 2.75) is 26.3 Å². The van der Waals surface area contributed by atoms with E-state index >= 15 is 0 Å². The molecule has 2 N–H and O–H groups in total. The molecule has 0 aliphatic carbocycles. The van der Waals surface area contributed by atoms with Gasteiger partial charge < -0.3 is 20.1 Å². The third-order valence-electron chi connectivity index (χ3n) is 4.38. The molecule has 0 radical (unpaired) electrons. The number of methoxy groups -OCH3 is 1. The zero-order valence-corrected chi connectivity index (χ0v) is 14.7. The number of hydrogen-bond donors (Lipinski definition) is 2. The number of hydrogen-bond acceptors (Lipinski definition) is 4. The maximum Gasteiger partial charge on any atom is 0.172 e. The van der Waals surface area contributed by atoms with Gasteiger partial charge in [0.05, 0.1) is 11.6 Å². The predicted molar refractivity (Wildman–Crippen MR) is 88.9 cm³/mol. The smallest absolute Gasteiger partial charge is 0.172 e. The van der Waals surface area contributed by atoms with E-state index in [0.717, 1.165) is 18.7 Å². The van der Waals surface area contributed by atoms with Crippen molar-refractivity contribution in [1.82, 2.24) is 10.2 Å². The normalized spacial score (nSPS) is 18.7. The number of ether oxygens (including phenoxy) is 1. The molecule has 1 aromatic carbocycles. The fraction of sp³-hybridized carbons (Fsp3) is 0.625. The van der Waals surface area contributed by atoms with E-state index in [-0.39, 0.29) is 5.75 Å². The van der Waals surface area contributed by atoms with Crippen LogP contribution in [0.1, 0.15) is 25.3 Å². The van der Waals surface area contributed by atoms with Crippen molar-refractivity contribution in [3.8, 4) is 11.5 Å². The van der Waals surface area contributed by atoms with Gasteiger partial charge in [-0.3, -0.25) is 0 Å². The number of benzene rings is 1. The summed E-state index contributed by atoms with van der Waals surface area (Å²) in [4.78, 5) is 2.39. The molecule has 0 unspecified atom stereocenters. The number of phenols is 1. The molecule has 1 fully saturated rings. The van der Waals surface area contributed by atoms with E-state index in [4.69, 9.17) is 4.74 Å². The zero-order valence-electron chi connectivity index (χ0n) is 13.1. The van der Waals surface area contributed by atoms with E-state index in [0.29, 0.717) is 15.6 Å². The molecule has 1 heterocycles. The second-order valence-electron chi connectivity index (χ2n) is 6.35. The van der Waals surface area contributed by atoms with Gasteiger partial charge >= 0.3 is 0 Å². The summed E-state index contributed by atoms with van der Waals surface area (Å²) in [5.74, 6) is 0.662. The zero-order chi connectivity index (χ0) is 15.5. The first-order valence-electron chi connectivity index (χ1n) is 7.38. The van der Waals surface area contributed by atoms with Crippen LogP contribution in [0, 0.1) is 5.41 Å². The lowest BCUT2D eigenvalue weighted by atomic mass is 9.80. The minimum Gasteiger partial charge on any atom is -0.503 e. The number of nitrogens with one attached hydrogen (secondary N) is 1. The van der Waals surface area contributed by atoms with E-state index in [1.807, 2.05) is 12.1 Å². The predicted octanol–water partition coefficient (Wildman–Crippen LogP) is 2.98. The summed E-state index contributed by atoms with van der Waals surface area (Å²) >= 11 is 3.36. The molecule has 21 heavy (non-hydrogen) atoms. The van der Waals surface area contributed by atoms with Crippen LogP contribution >= 0.6 is 15.9 Å². The van der Waals surface area contributed by atoms with Crippen molar-refractivity contribution in [3.05, 3.63) is 22.2 Å². The average molecular weight is 357 g/mol. The third-order valence-corrected chi connectivity index (χ3v) is 4.99. The molecular weight excluding hydrogens is 332 g/mol. The quantitative estimate of drug-likeness (QED) is 0.851. The van der Waals surface area contributed by atoms with Crippen LogP contribution in [0.2, 0.25) is 0 Å². The van der Waals surface area contributed by atoms with Gasteiger partial charge in [0, 0.05) is 13.1 Å². The van der Waals surface area contributed by atoms with Gasteiger partial charge in [-0.15, -0.1) is 0 Å². The maximum absolute atomic E-state index is 9.82. The first-order valence-corrected chi connectivity index (χ1v) is 8.17. The van der Waals surface area contributed by atoms with Crippen LogP contribution in [0.3, 0.4) is 0 Å². The highest BCUT2D eigenvalue weighted by atomic mass is 79.9. The SMILES string of the molecule is COc1cc(CNCC2(C)CCN(C)CC2)cc(Br)c1O. The Labute approximate surface area is 135 Å². The minimum atomic E-state index is 0.156. The van der Waals surface area contributed by atoms with Crippen LogP contribution in [0.4, 0.5) is 0 Å². The molecule has 4 nitrogen and oxygen atoms in total. The highest BCUT2D eigenvalue weighted by Crippen LogP contribution is 2.35. The Morgan fingerprint density at radius 1 is 1.38 bits per heavy atom. The van der Waals surface area contributed by atoms with Gasteiger partial charge in [-0.2, -0.15) is 0 Å². The lowest BCUT2D eigenvalue weighted by molar-refractivity contribution is 0.137. The van der Waals surface area contributed by atoms with Gasteiger partial charge in [-0.05, 0) is 72.0 Å². The highest BCUT2D eigenvalue weighted by molar-refractivity contribution is 9.10. The minimum absolute atomic E-state index is 0.156. The highest BCUT2D eigenvalue weighted by Gasteiger charge is 2.28. The van der Waals surface area contributed by atoms with E-state index < -0.39 is 0 Å². The van der Waals surface area contributed by atoms with Gasteiger partial charge in [0.2, 0.25) is 0 Å². The Morgan fingerprint density at radius 3 is 2.67 bits per heavy atom. The molecule has 0 bridgehead atoms. The number of likely N-dealkylation sites (tertiary alicyclic amines) is 1. The summed E-state index contributed by atoms with van der Waals surface area (Å²) in [5, 5.41) is 13.4. The number of halogens is 1. The van der Waals surface area contributed by atoms with Crippen molar-refractivity contribution in [3.63, 3.8) is 0 Å². The first-order chi connectivity index (χ1) is 9.93. The third kappa shape index (κ3) is 4.34. The standard InChI is InChI=1S/C16H25BrN2O2/c1-16(4-6-19(2)7-5-16)11-18-10-12-8-13(17)15(20)14(9-12)21-3/h8-9,18,20H,4-7,10-11H2,1-3H3. The largest absolute Gasteiger partial charge is 0.503 e. The summed E-state index contributed by atoms with van der Waals surface area (Å²) in [6.07, 6.45) is 2.47. The number of piperidine rings is 1.